The van der Waals surface area contributed by atoms with Gasteiger partial charge in [-0.25, -0.2) is 19.2 Å². The number of halogens is 1. The van der Waals surface area contributed by atoms with Crippen LogP contribution in [0.25, 0.3) is 0 Å². The van der Waals surface area contributed by atoms with Crippen LogP contribution in [-0.4, -0.2) is 294 Å². The van der Waals surface area contributed by atoms with Gasteiger partial charge in [-0.1, -0.05) is 54.5 Å². The highest BCUT2D eigenvalue weighted by molar-refractivity contribution is 7.99. The van der Waals surface area contributed by atoms with Crippen LogP contribution in [0.3, 0.4) is 0 Å². The Balaban J connectivity index is 0.977. The summed E-state index contributed by atoms with van der Waals surface area (Å²) >= 11 is 7.87. The minimum absolute atomic E-state index is 0.0144. The molecule has 2 aromatic rings. The molecule has 12 N–H and O–H groups in total. The van der Waals surface area contributed by atoms with Gasteiger partial charge in [0.05, 0.1) is 97.1 Å². The Bertz CT molecular complexity index is 3780. The first-order valence-electron chi connectivity index (χ1n) is 38.1. The molecule has 0 aliphatic carbocycles. The number of aliphatic hydroxyl groups is 1. The molecule has 2 fully saturated rings. The summed E-state index contributed by atoms with van der Waals surface area (Å²) in [6, 6.07) is 2.80. The molecule has 2 saturated heterocycles. The zero-order chi connectivity index (χ0) is 85.1. The monoisotopic (exact) mass is 1670 g/mol. The van der Waals surface area contributed by atoms with Crippen molar-refractivity contribution >= 4 is 106 Å². The van der Waals surface area contributed by atoms with Gasteiger partial charge >= 0.3 is 24.1 Å². The number of ether oxygens (including phenoxy) is 10. The van der Waals surface area contributed by atoms with Gasteiger partial charge in [-0.3, -0.25) is 53.4 Å². The molecule has 11 atom stereocenters. The van der Waals surface area contributed by atoms with Gasteiger partial charge in [0.15, 0.2) is 5.72 Å². The summed E-state index contributed by atoms with van der Waals surface area (Å²) in [6.07, 6.45) is 2.04. The lowest BCUT2D eigenvalue weighted by Crippen LogP contribution is -2.63. The number of epoxide rings is 1. The SMILES string of the molecule is COc1cc2cc(c1Cl)N(C)C(=O)C[C@H](OC(=O)[C@H](C)N(C)C(=O)CCSCC(=O)N[C@@H](CCCNC(N)=O)C(=O)N[C@@H](CCCCNC(=O)CCOCCOCCOCCOCCOCCNC(=O)CN1C(=O)C=CC1=O)C(=O)N[C@@H](Cc1ccc(O)cc1)C(=O)O)[C@]1(C)O[C@H]1[C@H](C)[C@@H]1C[C@@](O)(NC(=O)O1)[C@H](OC)/C=C/C=C(\C)C2. The van der Waals surface area contributed by atoms with Gasteiger partial charge in [0.1, 0.15) is 71.1 Å². The minimum Gasteiger partial charge on any atom is -0.508 e. The van der Waals surface area contributed by atoms with E-state index in [4.69, 9.17) is 64.7 Å². The van der Waals surface area contributed by atoms with Crippen LogP contribution < -0.4 is 52.6 Å². The fraction of sp³-hybridized carbons (Fsp3) is 0.597. The van der Waals surface area contributed by atoms with Crippen molar-refractivity contribution in [3.05, 3.63) is 88.5 Å². The van der Waals surface area contributed by atoms with Crippen LogP contribution >= 0.6 is 23.4 Å². The van der Waals surface area contributed by atoms with E-state index in [1.807, 2.05) is 13.0 Å². The number of methoxy groups -OCH3 is 2. The number of hydrogen-bond donors (Lipinski definition) is 11. The number of allylic oxidation sites excluding steroid dienone is 3. The number of phenolic OH excluding ortho intramolecular Hbond substituents is 1. The van der Waals surface area contributed by atoms with E-state index in [1.165, 1.54) is 64.4 Å². The number of carbonyl (C=O) groups excluding carboxylic acids is 12. The molecule has 39 heteroatoms. The molecule has 4 aliphatic rings. The fourth-order valence-corrected chi connectivity index (χ4v) is 13.7. The van der Waals surface area contributed by atoms with E-state index in [2.05, 4.69) is 37.2 Å². The number of primary amides is 1. The third kappa shape index (κ3) is 31.2. The summed E-state index contributed by atoms with van der Waals surface area (Å²) in [7, 11) is 5.70. The number of benzene rings is 2. The highest BCUT2D eigenvalue weighted by atomic mass is 35.5. The number of carboxylic acids is 1. The van der Waals surface area contributed by atoms with Crippen molar-refractivity contribution in [1.29, 1.82) is 0 Å². The van der Waals surface area contributed by atoms with Gasteiger partial charge in [0, 0.05) is 90.3 Å². The highest BCUT2D eigenvalue weighted by Crippen LogP contribution is 2.49. The van der Waals surface area contributed by atoms with Crippen molar-refractivity contribution in [3.8, 4) is 11.5 Å². The number of carbonyl (C=O) groups is 13. The number of hydrogen-bond acceptors (Lipinski definition) is 26. The number of imide groups is 1. The second-order valence-corrected chi connectivity index (χ2v) is 29.7. The number of anilines is 1. The molecule has 116 heavy (non-hydrogen) atoms. The highest BCUT2D eigenvalue weighted by Gasteiger charge is 2.64. The van der Waals surface area contributed by atoms with Crippen molar-refractivity contribution in [2.24, 2.45) is 11.7 Å². The molecule has 12 amide bonds. The van der Waals surface area contributed by atoms with Gasteiger partial charge < -0.3 is 110 Å². The average molecular weight is 1670 g/mol. The predicted molar refractivity (Wildman–Crippen MR) is 419 cm³/mol. The number of nitrogens with one attached hydrogen (secondary N) is 7. The normalized spacial score (nSPS) is 21.7. The lowest BCUT2D eigenvalue weighted by atomic mass is 9.83. The Hall–Kier alpha value is -9.51. The first-order valence-corrected chi connectivity index (χ1v) is 39.6. The lowest BCUT2D eigenvalue weighted by molar-refractivity contribution is -0.162. The van der Waals surface area contributed by atoms with Crippen LogP contribution in [0.2, 0.25) is 5.02 Å². The van der Waals surface area contributed by atoms with Crippen LogP contribution in [-0.2, 0) is 108 Å². The molecule has 4 bridgehead atoms. The van der Waals surface area contributed by atoms with Gasteiger partial charge in [0.25, 0.3) is 11.8 Å². The first-order chi connectivity index (χ1) is 55.3. The summed E-state index contributed by atoms with van der Waals surface area (Å²) in [5.74, 6) is -8.44. The Morgan fingerprint density at radius 3 is 1.99 bits per heavy atom. The Morgan fingerprint density at radius 2 is 1.37 bits per heavy atom. The van der Waals surface area contributed by atoms with E-state index in [0.29, 0.717) is 43.9 Å². The van der Waals surface area contributed by atoms with Gasteiger partial charge in [0.2, 0.25) is 41.4 Å². The van der Waals surface area contributed by atoms with Gasteiger partial charge in [-0.2, -0.15) is 11.8 Å². The number of amides is 12. The number of urea groups is 1. The number of esters is 1. The number of rotatable bonds is 47. The van der Waals surface area contributed by atoms with E-state index in [9.17, 15) is 77.6 Å². The third-order valence-corrected chi connectivity index (χ3v) is 20.8. The average Bonchev–Trinajstić information content (AvgIpc) is 1.57. The van der Waals surface area contributed by atoms with Crippen molar-refractivity contribution in [1.82, 2.24) is 47.0 Å². The standard InChI is InChI=1S/C77H110ClN11O26S/c1-47-13-11-16-59(107-8)77(105)44-58(113-75(104)86-77)48(2)69-76(4,115-69)60(43-67(97)88(6)56-41-51(39-47)42-57(106-7)68(56)78)114-73(102)49(3)87(5)64(94)24-38-116-46-63(93)83-53(15-12-26-82-74(79)103)70(98)84-54(71(99)85-55(72(100)101)40-50-17-19-52(90)20-18-50)14-9-10-25-80-61(91)23-28-108-30-32-110-34-36-112-37-35-111-33-31-109-29-27-81-62(92)45-89-65(95)21-22-66(89)96/h11,13,16-22,41-42,48-49,53-55,58-60,69,90,105H,9-10,12,14-15,23-40,43-46H2,1-8H3,(H,80,91)(H,81,92)(H,83,93)(H,84,98)(H,85,99)(H,86,104)(H,100,101)(H3,79,82,103)/b16-11+,47-13+/t48-,49+,53+,54+,55+,58+,59-,60+,69+,76+,77+/m1/s1. The number of aromatic hydroxyl groups is 1. The summed E-state index contributed by atoms with van der Waals surface area (Å²) in [6.45, 7) is 9.09. The Labute approximate surface area is 682 Å². The van der Waals surface area contributed by atoms with Crippen molar-refractivity contribution in [3.63, 3.8) is 0 Å². The molecule has 0 spiro atoms. The third-order valence-electron chi connectivity index (χ3n) is 19.4. The van der Waals surface area contributed by atoms with Crippen molar-refractivity contribution in [2.45, 2.75) is 158 Å². The lowest BCUT2D eigenvalue weighted by Gasteiger charge is -2.42. The summed E-state index contributed by atoms with van der Waals surface area (Å²) in [5.41, 5.74) is 4.27. The number of unbranched alkanes of at least 4 members (excludes halogenated alkanes) is 1. The largest absolute Gasteiger partial charge is 0.508 e. The van der Waals surface area contributed by atoms with Gasteiger partial charge in [-0.05, 0) is 94.7 Å². The van der Waals surface area contributed by atoms with Crippen LogP contribution in [0.4, 0.5) is 15.3 Å². The number of likely N-dealkylation sites (N-methyl/N-ethyl adjacent to an activating group) is 1. The second kappa shape index (κ2) is 48.3. The van der Waals surface area contributed by atoms with E-state index >= 15 is 0 Å². The fourth-order valence-electron chi connectivity index (χ4n) is 12.6. The number of fused-ring (bicyclic) bond motifs is 5. The van der Waals surface area contributed by atoms with Crippen LogP contribution in [0.1, 0.15) is 96.6 Å². The van der Waals surface area contributed by atoms with E-state index in [0.717, 1.165) is 44.9 Å². The number of nitrogens with zero attached hydrogens (tertiary/aromatic N) is 3. The Kier molecular flexibility index (Phi) is 39.7. The zero-order valence-electron chi connectivity index (χ0n) is 66.6. The molecule has 0 radical (unpaired) electrons. The smallest absolute Gasteiger partial charge is 0.409 e. The Morgan fingerprint density at radius 1 is 0.776 bits per heavy atom. The van der Waals surface area contributed by atoms with Crippen LogP contribution in [0, 0.1) is 5.92 Å². The summed E-state index contributed by atoms with van der Waals surface area (Å²) in [5, 5.41) is 50.2. The molecule has 642 valence electrons. The van der Waals surface area contributed by atoms with E-state index in [1.54, 1.807) is 38.1 Å². The molecule has 0 unspecified atom stereocenters. The molecular weight excluding hydrogens is 1560 g/mol. The quantitative estimate of drug-likeness (QED) is 0.0193. The number of alkyl carbamates (subject to hydrolysis) is 1. The first kappa shape index (κ1) is 95.3. The second-order valence-electron chi connectivity index (χ2n) is 28.2. The predicted octanol–water partition coefficient (Wildman–Crippen LogP) is 1.37. The summed E-state index contributed by atoms with van der Waals surface area (Å²) < 4.78 is 56.9. The topological polar surface area (TPSA) is 498 Å². The number of aliphatic carboxylic acids is 1. The molecule has 0 saturated carbocycles. The summed E-state index contributed by atoms with van der Waals surface area (Å²) in [4.78, 5) is 173. The van der Waals surface area contributed by atoms with Gasteiger partial charge in [-0.15, -0.1) is 0 Å². The van der Waals surface area contributed by atoms with Crippen LogP contribution in [0.15, 0.2) is 72.4 Å². The maximum absolute atomic E-state index is 14.5. The van der Waals surface area contributed by atoms with Crippen molar-refractivity contribution < 1.29 is 125 Å². The molecule has 6 rings (SSSR count). The molecule has 4 aliphatic heterocycles. The molecule has 2 aromatic carbocycles. The number of carboxylic acid groups (broad SMARTS) is 1. The van der Waals surface area contributed by atoms with Crippen molar-refractivity contribution in [2.75, 3.05) is 137 Å². The number of nitrogens with two attached hydrogens (primary N) is 1. The maximum Gasteiger partial charge on any atom is 0.409 e. The number of phenols is 1. The molecule has 0 aromatic heterocycles. The molecule has 37 nitrogen and oxygen atoms in total. The molecule has 4 heterocycles. The maximum atomic E-state index is 14.5. The molecular formula is C77H110ClN11O26S. The zero-order valence-corrected chi connectivity index (χ0v) is 68.1. The number of thioether (sulfide) groups is 1. The minimum atomic E-state index is -1.94. The van der Waals surface area contributed by atoms with E-state index < -0.39 is 144 Å². The van der Waals surface area contributed by atoms with Crippen LogP contribution in [0.5, 0.6) is 11.5 Å². The van der Waals surface area contributed by atoms with E-state index in [-0.39, 0.29) is 158 Å².